The molecule has 0 bridgehead atoms. The zero-order chi connectivity index (χ0) is 8.10. The molecule has 0 aliphatic rings. The first-order valence-corrected chi connectivity index (χ1v) is 3.83. The first-order chi connectivity index (χ1) is 5.36. The highest BCUT2D eigenvalue weighted by molar-refractivity contribution is 5.04. The van der Waals surface area contributed by atoms with Gasteiger partial charge in [-0.1, -0.05) is 6.92 Å². The molecule has 0 aliphatic carbocycles. The summed E-state index contributed by atoms with van der Waals surface area (Å²) in [5.41, 5.74) is 1.34. The number of aryl methyl sites for hydroxylation is 1. The molecule has 11 heavy (non-hydrogen) atoms. The maximum absolute atomic E-state index is 4.99. The topological polar surface area (TPSA) is 13.1 Å². The van der Waals surface area contributed by atoms with Crippen molar-refractivity contribution >= 4 is 0 Å². The third-order valence-electron chi connectivity index (χ3n) is 1.61. The standard InChI is InChI=1S/C9H14NO/c1-3-9-5-4-6-10(7-9)8-11-2/h4-7H,3,8H2,1-2H3/q+1. The molecule has 0 fully saturated rings. The minimum Gasteiger partial charge on any atom is -0.327 e. The Hall–Kier alpha value is -0.890. The van der Waals surface area contributed by atoms with E-state index in [-0.39, 0.29) is 0 Å². The molecule has 0 unspecified atom stereocenters. The molecule has 1 aromatic rings. The van der Waals surface area contributed by atoms with Crippen LogP contribution in [0.4, 0.5) is 0 Å². The van der Waals surface area contributed by atoms with Crippen LogP contribution in [0, 0.1) is 0 Å². The van der Waals surface area contributed by atoms with Gasteiger partial charge in [-0.3, -0.25) is 0 Å². The summed E-state index contributed by atoms with van der Waals surface area (Å²) in [7, 11) is 1.70. The Kier molecular flexibility index (Phi) is 3.05. The van der Waals surface area contributed by atoms with E-state index in [9.17, 15) is 0 Å². The van der Waals surface area contributed by atoms with Gasteiger partial charge >= 0.3 is 0 Å². The predicted molar refractivity (Wildman–Crippen MR) is 43.0 cm³/mol. The summed E-state index contributed by atoms with van der Waals surface area (Å²) in [6, 6.07) is 4.16. The van der Waals surface area contributed by atoms with Crippen molar-refractivity contribution in [1.29, 1.82) is 0 Å². The summed E-state index contributed by atoms with van der Waals surface area (Å²) in [4.78, 5) is 0. The van der Waals surface area contributed by atoms with Crippen LogP contribution in [0.2, 0.25) is 0 Å². The number of hydrogen-bond donors (Lipinski definition) is 0. The quantitative estimate of drug-likeness (QED) is 0.592. The molecule has 0 atom stereocenters. The van der Waals surface area contributed by atoms with E-state index >= 15 is 0 Å². The monoisotopic (exact) mass is 152 g/mol. The molecule has 0 saturated heterocycles. The Morgan fingerprint density at radius 3 is 3.00 bits per heavy atom. The van der Waals surface area contributed by atoms with Crippen LogP contribution in [0.1, 0.15) is 12.5 Å². The zero-order valence-electron chi connectivity index (χ0n) is 7.08. The number of nitrogens with zero attached hydrogens (tertiary/aromatic N) is 1. The molecule has 1 aromatic heterocycles. The number of aromatic nitrogens is 1. The van der Waals surface area contributed by atoms with Gasteiger partial charge in [-0.25, -0.2) is 0 Å². The van der Waals surface area contributed by atoms with Gasteiger partial charge in [0, 0.05) is 18.7 Å². The fourth-order valence-electron chi connectivity index (χ4n) is 1.01. The van der Waals surface area contributed by atoms with Crippen LogP contribution in [-0.2, 0) is 17.9 Å². The first-order valence-electron chi connectivity index (χ1n) is 3.83. The smallest absolute Gasteiger partial charge is 0.252 e. The van der Waals surface area contributed by atoms with Crippen LogP contribution < -0.4 is 4.57 Å². The van der Waals surface area contributed by atoms with E-state index in [1.54, 1.807) is 7.11 Å². The lowest BCUT2D eigenvalue weighted by Crippen LogP contribution is -2.34. The van der Waals surface area contributed by atoms with Crippen molar-refractivity contribution in [3.8, 4) is 0 Å². The van der Waals surface area contributed by atoms with Crippen molar-refractivity contribution in [2.75, 3.05) is 7.11 Å². The Balaban J connectivity index is 2.74. The molecule has 0 radical (unpaired) electrons. The van der Waals surface area contributed by atoms with E-state index in [1.165, 1.54) is 5.56 Å². The molecule has 60 valence electrons. The van der Waals surface area contributed by atoms with Crippen LogP contribution >= 0.6 is 0 Å². The highest BCUT2D eigenvalue weighted by Crippen LogP contribution is 1.93. The van der Waals surface area contributed by atoms with Crippen LogP contribution in [0.25, 0.3) is 0 Å². The van der Waals surface area contributed by atoms with E-state index in [1.807, 2.05) is 16.8 Å². The van der Waals surface area contributed by atoms with Crippen LogP contribution in [-0.4, -0.2) is 7.11 Å². The molecule has 0 amide bonds. The van der Waals surface area contributed by atoms with Crippen molar-refractivity contribution in [1.82, 2.24) is 0 Å². The Bertz CT molecular complexity index is 223. The average Bonchev–Trinajstić information content (AvgIpc) is 2.06. The minimum atomic E-state index is 0.633. The highest BCUT2D eigenvalue weighted by Gasteiger charge is 1.98. The lowest BCUT2D eigenvalue weighted by atomic mass is 10.2. The molecule has 0 saturated carbocycles. The van der Waals surface area contributed by atoms with E-state index in [0.717, 1.165) is 6.42 Å². The second-order valence-corrected chi connectivity index (χ2v) is 2.50. The van der Waals surface area contributed by atoms with Gasteiger partial charge < -0.3 is 4.74 Å². The maximum atomic E-state index is 4.99. The summed E-state index contributed by atoms with van der Waals surface area (Å²) >= 11 is 0. The molecule has 0 spiro atoms. The number of ether oxygens (including phenoxy) is 1. The molecule has 1 heterocycles. The van der Waals surface area contributed by atoms with Crippen molar-refractivity contribution in [2.24, 2.45) is 0 Å². The summed E-state index contributed by atoms with van der Waals surface area (Å²) < 4.78 is 7.02. The van der Waals surface area contributed by atoms with Crippen molar-refractivity contribution in [2.45, 2.75) is 20.1 Å². The van der Waals surface area contributed by atoms with Gasteiger partial charge in [-0.2, -0.15) is 4.57 Å². The molecule has 0 N–H and O–H groups in total. The molecule has 1 rings (SSSR count). The van der Waals surface area contributed by atoms with Crippen LogP contribution in [0.15, 0.2) is 24.5 Å². The molecular weight excluding hydrogens is 138 g/mol. The predicted octanol–water partition coefficient (Wildman–Crippen LogP) is 1.14. The van der Waals surface area contributed by atoms with Gasteiger partial charge in [0.15, 0.2) is 12.4 Å². The molecular formula is C9H14NO+. The molecule has 2 heteroatoms. The second-order valence-electron chi connectivity index (χ2n) is 2.50. The van der Waals surface area contributed by atoms with Crippen molar-refractivity contribution in [3.05, 3.63) is 30.1 Å². The lowest BCUT2D eigenvalue weighted by Gasteiger charge is -1.95. The normalized spacial score (nSPS) is 10.0. The largest absolute Gasteiger partial charge is 0.327 e. The van der Waals surface area contributed by atoms with Gasteiger partial charge in [0.1, 0.15) is 0 Å². The van der Waals surface area contributed by atoms with Crippen LogP contribution in [0.3, 0.4) is 0 Å². The third kappa shape index (κ3) is 2.31. The SMILES string of the molecule is CCc1ccc[n+](COC)c1. The maximum Gasteiger partial charge on any atom is 0.252 e. The molecule has 0 aliphatic heterocycles. The van der Waals surface area contributed by atoms with E-state index in [4.69, 9.17) is 4.74 Å². The number of rotatable bonds is 3. The summed E-state index contributed by atoms with van der Waals surface area (Å²) in [6.45, 7) is 2.78. The van der Waals surface area contributed by atoms with Crippen molar-refractivity contribution in [3.63, 3.8) is 0 Å². The lowest BCUT2D eigenvalue weighted by molar-refractivity contribution is -0.731. The highest BCUT2D eigenvalue weighted by atomic mass is 16.5. The number of pyridine rings is 1. The molecule has 0 aromatic carbocycles. The Morgan fingerprint density at radius 1 is 1.55 bits per heavy atom. The average molecular weight is 152 g/mol. The van der Waals surface area contributed by atoms with Gasteiger partial charge in [0.2, 0.25) is 0 Å². The number of methoxy groups -OCH3 is 1. The fraction of sp³-hybridized carbons (Fsp3) is 0.444. The van der Waals surface area contributed by atoms with E-state index in [0.29, 0.717) is 6.73 Å². The minimum absolute atomic E-state index is 0.633. The molecule has 2 nitrogen and oxygen atoms in total. The zero-order valence-corrected chi connectivity index (χ0v) is 7.08. The van der Waals surface area contributed by atoms with Crippen molar-refractivity contribution < 1.29 is 9.30 Å². The Morgan fingerprint density at radius 2 is 2.36 bits per heavy atom. The first kappa shape index (κ1) is 8.21. The third-order valence-corrected chi connectivity index (χ3v) is 1.61. The Labute approximate surface area is 67.4 Å². The summed E-state index contributed by atoms with van der Waals surface area (Å²) in [5.74, 6) is 0. The van der Waals surface area contributed by atoms with E-state index in [2.05, 4.69) is 19.2 Å². The van der Waals surface area contributed by atoms with Gasteiger partial charge in [0.25, 0.3) is 6.73 Å². The van der Waals surface area contributed by atoms with Gasteiger partial charge in [0.05, 0.1) is 0 Å². The van der Waals surface area contributed by atoms with Crippen LogP contribution in [0.5, 0.6) is 0 Å². The number of hydrogen-bond acceptors (Lipinski definition) is 1. The van der Waals surface area contributed by atoms with E-state index < -0.39 is 0 Å². The second kappa shape index (κ2) is 4.09. The summed E-state index contributed by atoms with van der Waals surface area (Å²) in [5, 5.41) is 0. The fourth-order valence-corrected chi connectivity index (χ4v) is 1.01. The van der Waals surface area contributed by atoms with Gasteiger partial charge in [-0.05, 0) is 12.5 Å². The van der Waals surface area contributed by atoms with Gasteiger partial charge in [-0.15, -0.1) is 0 Å². The summed E-state index contributed by atoms with van der Waals surface area (Å²) in [6.07, 6.45) is 5.18.